The number of methoxy groups -OCH3 is 1. The van der Waals surface area contributed by atoms with Crippen molar-refractivity contribution in [1.82, 2.24) is 14.9 Å². The fourth-order valence-corrected chi connectivity index (χ4v) is 4.99. The number of nitrogens with zero attached hydrogens (tertiary/aromatic N) is 4. The van der Waals surface area contributed by atoms with E-state index in [1.54, 1.807) is 30.3 Å². The van der Waals surface area contributed by atoms with Crippen LogP contribution in [0, 0.1) is 23.2 Å². The van der Waals surface area contributed by atoms with Crippen molar-refractivity contribution in [2.75, 3.05) is 25.5 Å². The van der Waals surface area contributed by atoms with E-state index in [0.717, 1.165) is 4.90 Å². The molecule has 8 nitrogen and oxygen atoms in total. The number of halogens is 4. The molecule has 0 unspecified atom stereocenters. The predicted molar refractivity (Wildman–Crippen MR) is 124 cm³/mol. The van der Waals surface area contributed by atoms with Gasteiger partial charge in [0.15, 0.2) is 11.5 Å². The van der Waals surface area contributed by atoms with E-state index in [2.05, 4.69) is 15.3 Å². The van der Waals surface area contributed by atoms with Crippen molar-refractivity contribution in [3.63, 3.8) is 0 Å². The largest absolute Gasteiger partial charge is 0.493 e. The normalized spacial score (nSPS) is 20.9. The minimum atomic E-state index is -4.88. The van der Waals surface area contributed by atoms with Gasteiger partial charge in [-0.15, -0.1) is 0 Å². The lowest BCUT2D eigenvalue weighted by Crippen LogP contribution is -2.63. The number of nitrogens with one attached hydrogen (secondary N) is 1. The molecule has 12 heteroatoms. The average molecular weight is 518 g/mol. The molecule has 36 heavy (non-hydrogen) atoms. The summed E-state index contributed by atoms with van der Waals surface area (Å²) < 4.78 is 50.2. The molecule has 5 rings (SSSR count). The number of piperidine rings is 2. The molecular formula is C24H19ClF3N5O3. The molecule has 1 amide bonds. The van der Waals surface area contributed by atoms with Crippen LogP contribution in [0.4, 0.5) is 24.7 Å². The number of carbonyl (C=O) groups is 1. The SMILES string of the molecule is COc1cc2ncnc(Nc3ccc(C#N)c(Cl)c3)c2cc1O[C@H]1[C@@H]2C[C@H]1CN(C(=O)C(F)(F)F)C2. The summed E-state index contributed by atoms with van der Waals surface area (Å²) in [6, 6.07) is 10.3. The van der Waals surface area contributed by atoms with Crippen LogP contribution in [0.3, 0.4) is 0 Å². The van der Waals surface area contributed by atoms with Crippen molar-refractivity contribution in [2.24, 2.45) is 11.8 Å². The highest BCUT2D eigenvalue weighted by atomic mass is 35.5. The number of alkyl halides is 3. The molecule has 1 saturated carbocycles. The number of ether oxygens (including phenoxy) is 2. The molecule has 2 fully saturated rings. The van der Waals surface area contributed by atoms with Crippen molar-refractivity contribution >= 4 is 39.9 Å². The Morgan fingerprint density at radius 1 is 1.19 bits per heavy atom. The Kier molecular flexibility index (Phi) is 6.00. The number of fused-ring (bicyclic) bond motifs is 3. The van der Waals surface area contributed by atoms with E-state index >= 15 is 0 Å². The first kappa shape index (κ1) is 23.9. The van der Waals surface area contributed by atoms with E-state index in [4.69, 9.17) is 26.3 Å². The predicted octanol–water partition coefficient (Wildman–Crippen LogP) is 4.70. The van der Waals surface area contributed by atoms with Crippen molar-refractivity contribution in [2.45, 2.75) is 18.7 Å². The maximum absolute atomic E-state index is 12.8. The van der Waals surface area contributed by atoms with E-state index < -0.39 is 12.1 Å². The van der Waals surface area contributed by atoms with Crippen molar-refractivity contribution in [3.8, 4) is 17.6 Å². The summed E-state index contributed by atoms with van der Waals surface area (Å²) in [5.41, 5.74) is 1.53. The first-order valence-electron chi connectivity index (χ1n) is 11.0. The van der Waals surface area contributed by atoms with Gasteiger partial charge in [-0.3, -0.25) is 4.79 Å². The zero-order valence-corrected chi connectivity index (χ0v) is 19.6. The molecule has 1 aromatic heterocycles. The highest BCUT2D eigenvalue weighted by Crippen LogP contribution is 2.45. The highest BCUT2D eigenvalue weighted by Gasteiger charge is 2.53. The van der Waals surface area contributed by atoms with Crippen LogP contribution in [0.15, 0.2) is 36.7 Å². The van der Waals surface area contributed by atoms with E-state index in [9.17, 15) is 18.0 Å². The molecular weight excluding hydrogens is 499 g/mol. The molecule has 186 valence electrons. The van der Waals surface area contributed by atoms with Crippen LogP contribution in [0.25, 0.3) is 10.9 Å². The Labute approximate surface area is 208 Å². The third kappa shape index (κ3) is 4.33. The van der Waals surface area contributed by atoms with Gasteiger partial charge in [0.1, 0.15) is 24.3 Å². The summed E-state index contributed by atoms with van der Waals surface area (Å²) in [7, 11) is 1.48. The summed E-state index contributed by atoms with van der Waals surface area (Å²) in [5, 5.41) is 13.2. The number of rotatable bonds is 5. The molecule has 3 atom stereocenters. The van der Waals surface area contributed by atoms with Gasteiger partial charge in [0.05, 0.1) is 23.2 Å². The molecule has 3 aromatic rings. The average Bonchev–Trinajstić information content (AvgIpc) is 2.86. The highest BCUT2D eigenvalue weighted by molar-refractivity contribution is 6.32. The fraction of sp³-hybridized carbons (Fsp3) is 0.333. The summed E-state index contributed by atoms with van der Waals surface area (Å²) in [5.74, 6) is -0.946. The zero-order chi connectivity index (χ0) is 25.6. The van der Waals surface area contributed by atoms with E-state index in [1.807, 2.05) is 6.07 Å². The Balaban J connectivity index is 1.40. The van der Waals surface area contributed by atoms with Crippen LogP contribution in [-0.2, 0) is 4.79 Å². The molecule has 1 aliphatic carbocycles. The lowest BCUT2D eigenvalue weighted by Gasteiger charge is -2.52. The maximum atomic E-state index is 12.8. The summed E-state index contributed by atoms with van der Waals surface area (Å²) >= 11 is 6.14. The molecule has 2 aliphatic rings. The minimum Gasteiger partial charge on any atom is -0.493 e. The number of amides is 1. The lowest BCUT2D eigenvalue weighted by molar-refractivity contribution is -0.196. The number of likely N-dealkylation sites (tertiary alicyclic amines) is 1. The summed E-state index contributed by atoms with van der Waals surface area (Å²) in [6.07, 6.45) is -3.15. The van der Waals surface area contributed by atoms with Gasteiger partial charge in [-0.05, 0) is 30.7 Å². The van der Waals surface area contributed by atoms with Gasteiger partial charge < -0.3 is 19.7 Å². The van der Waals surface area contributed by atoms with Crippen LogP contribution in [-0.4, -0.2) is 53.3 Å². The van der Waals surface area contributed by atoms with Gasteiger partial charge in [-0.1, -0.05) is 11.6 Å². The standard InChI is InChI=1S/C24H19ClF3N5O3/c1-35-19-7-18-16(22(31-11-30-18)32-15-3-2-12(8-29)17(25)5-15)6-20(19)36-21-13-4-14(21)10-33(9-13)23(34)24(26,27)28/h2-3,5-7,11,13-14,21H,4,9-10H2,1H3,(H,30,31,32)/t13-,14+,21+. The Hall–Kier alpha value is -3.78. The van der Waals surface area contributed by atoms with Gasteiger partial charge in [-0.25, -0.2) is 9.97 Å². The van der Waals surface area contributed by atoms with Crippen LogP contribution in [0.5, 0.6) is 11.5 Å². The third-order valence-electron chi connectivity index (χ3n) is 6.51. The summed E-state index contributed by atoms with van der Waals surface area (Å²) in [6.45, 7) is -0.0183. The number of carbonyl (C=O) groups excluding carboxylic acids is 1. The molecule has 0 radical (unpaired) electrons. The maximum Gasteiger partial charge on any atom is 0.471 e. The van der Waals surface area contributed by atoms with Crippen LogP contribution in [0.2, 0.25) is 5.02 Å². The molecule has 1 N–H and O–H groups in total. The number of anilines is 2. The molecule has 2 heterocycles. The van der Waals surface area contributed by atoms with Crippen LogP contribution < -0.4 is 14.8 Å². The molecule has 0 spiro atoms. The van der Waals surface area contributed by atoms with Crippen LogP contribution in [0.1, 0.15) is 12.0 Å². The number of benzene rings is 2. The van der Waals surface area contributed by atoms with Gasteiger partial charge >= 0.3 is 12.1 Å². The second kappa shape index (κ2) is 9.02. The third-order valence-corrected chi connectivity index (χ3v) is 6.82. The zero-order valence-electron chi connectivity index (χ0n) is 18.8. The summed E-state index contributed by atoms with van der Waals surface area (Å²) in [4.78, 5) is 21.1. The Bertz CT molecular complexity index is 1380. The number of aromatic nitrogens is 2. The number of hydrogen-bond acceptors (Lipinski definition) is 7. The van der Waals surface area contributed by atoms with E-state index in [1.165, 1.54) is 13.4 Å². The molecule has 1 aliphatic heterocycles. The first-order valence-corrected chi connectivity index (χ1v) is 11.4. The Morgan fingerprint density at radius 2 is 1.94 bits per heavy atom. The Morgan fingerprint density at radius 3 is 2.58 bits per heavy atom. The lowest BCUT2D eigenvalue weighted by atomic mass is 9.68. The van der Waals surface area contributed by atoms with Crippen LogP contribution >= 0.6 is 11.6 Å². The van der Waals surface area contributed by atoms with Gasteiger partial charge in [-0.2, -0.15) is 18.4 Å². The smallest absolute Gasteiger partial charge is 0.471 e. The topological polar surface area (TPSA) is 100 Å². The quantitative estimate of drug-likeness (QED) is 0.524. The number of hydrogen-bond donors (Lipinski definition) is 1. The van der Waals surface area contributed by atoms with E-state index in [-0.39, 0.29) is 31.0 Å². The van der Waals surface area contributed by atoms with Gasteiger partial charge in [0.25, 0.3) is 0 Å². The molecule has 2 bridgehead atoms. The van der Waals surface area contributed by atoms with Crippen molar-refractivity contribution in [1.29, 1.82) is 5.26 Å². The second-order valence-corrected chi connectivity index (χ2v) is 9.13. The van der Waals surface area contributed by atoms with Crippen molar-refractivity contribution in [3.05, 3.63) is 47.2 Å². The van der Waals surface area contributed by atoms with Gasteiger partial charge in [0.2, 0.25) is 0 Å². The molecule has 1 saturated heterocycles. The second-order valence-electron chi connectivity index (χ2n) is 8.72. The number of nitriles is 1. The fourth-order valence-electron chi connectivity index (χ4n) is 4.76. The molecule has 2 aromatic carbocycles. The van der Waals surface area contributed by atoms with Gasteiger partial charge in [0, 0.05) is 42.1 Å². The first-order chi connectivity index (χ1) is 17.2. The minimum absolute atomic E-state index is 0.00915. The van der Waals surface area contributed by atoms with E-state index in [0.29, 0.717) is 50.9 Å². The van der Waals surface area contributed by atoms with Crippen molar-refractivity contribution < 1.29 is 27.4 Å². The monoisotopic (exact) mass is 517 g/mol.